The predicted octanol–water partition coefficient (Wildman–Crippen LogP) is 4.59. The van der Waals surface area contributed by atoms with Gasteiger partial charge in [0.05, 0.1) is 22.7 Å². The number of carbonyl (C=O) groups is 1. The van der Waals surface area contributed by atoms with Crippen LogP contribution in [0.1, 0.15) is 25.5 Å². The van der Waals surface area contributed by atoms with Crippen LogP contribution in [0.15, 0.2) is 34.0 Å². The topological polar surface area (TPSA) is 55.1 Å². The van der Waals surface area contributed by atoms with Crippen LogP contribution in [0.2, 0.25) is 5.02 Å². The first-order chi connectivity index (χ1) is 9.90. The third-order valence-electron chi connectivity index (χ3n) is 2.82. The minimum absolute atomic E-state index is 0.0390. The van der Waals surface area contributed by atoms with Gasteiger partial charge >= 0.3 is 5.97 Å². The van der Waals surface area contributed by atoms with Gasteiger partial charge in [-0.05, 0) is 24.1 Å². The van der Waals surface area contributed by atoms with Crippen LogP contribution in [0.3, 0.4) is 0 Å². The van der Waals surface area contributed by atoms with Crippen molar-refractivity contribution in [1.82, 2.24) is 9.55 Å². The van der Waals surface area contributed by atoms with Crippen molar-refractivity contribution in [3.05, 3.63) is 39.6 Å². The number of nitrogens with zero attached hydrogens (tertiary/aromatic N) is 2. The van der Waals surface area contributed by atoms with Crippen LogP contribution in [0.25, 0.3) is 5.69 Å². The number of rotatable bonds is 5. The smallest absolute Gasteiger partial charge is 0.313 e. The monoisotopic (exact) mass is 388 g/mol. The van der Waals surface area contributed by atoms with Gasteiger partial charge in [0, 0.05) is 10.2 Å². The van der Waals surface area contributed by atoms with Gasteiger partial charge in [0.15, 0.2) is 5.16 Å². The van der Waals surface area contributed by atoms with Crippen LogP contribution in [0, 0.1) is 0 Å². The maximum Gasteiger partial charge on any atom is 0.313 e. The minimum Gasteiger partial charge on any atom is -0.481 e. The predicted molar refractivity (Wildman–Crippen MR) is 88.7 cm³/mol. The molecule has 0 atom stereocenters. The van der Waals surface area contributed by atoms with Crippen LogP contribution < -0.4 is 0 Å². The van der Waals surface area contributed by atoms with Gasteiger partial charge < -0.3 is 5.11 Å². The Morgan fingerprint density at radius 2 is 2.24 bits per heavy atom. The standard InChI is InChI=1S/C14H14BrClN2O2S/c1-8(2)12-6-17-14(21-7-13(19)20)18(12)11-4-3-9(15)5-10(11)16/h3-6,8H,7H2,1-2H3,(H,19,20). The molecule has 4 nitrogen and oxygen atoms in total. The number of benzene rings is 1. The van der Waals surface area contributed by atoms with E-state index in [-0.39, 0.29) is 11.7 Å². The number of imidazole rings is 1. The second-order valence-corrected chi connectivity index (χ2v) is 7.00. The number of aromatic nitrogens is 2. The van der Waals surface area contributed by atoms with E-state index >= 15 is 0 Å². The molecule has 0 spiro atoms. The Kier molecular flexibility index (Phi) is 5.35. The lowest BCUT2D eigenvalue weighted by Crippen LogP contribution is -2.06. The molecule has 0 saturated carbocycles. The van der Waals surface area contributed by atoms with Gasteiger partial charge in [0.2, 0.25) is 0 Å². The summed E-state index contributed by atoms with van der Waals surface area (Å²) in [5.41, 5.74) is 1.79. The maximum atomic E-state index is 10.8. The molecule has 0 aliphatic heterocycles. The molecule has 0 aliphatic carbocycles. The molecule has 21 heavy (non-hydrogen) atoms. The number of aliphatic carboxylic acids is 1. The highest BCUT2D eigenvalue weighted by Gasteiger charge is 2.17. The Morgan fingerprint density at radius 3 is 2.81 bits per heavy atom. The molecular formula is C14H14BrClN2O2S. The molecule has 0 radical (unpaired) electrons. The third-order valence-corrected chi connectivity index (χ3v) is 4.56. The van der Waals surface area contributed by atoms with Crippen LogP contribution in [0.4, 0.5) is 0 Å². The summed E-state index contributed by atoms with van der Waals surface area (Å²) in [7, 11) is 0. The fourth-order valence-electron chi connectivity index (χ4n) is 1.89. The molecular weight excluding hydrogens is 376 g/mol. The molecule has 2 aromatic rings. The molecule has 0 unspecified atom stereocenters. The molecule has 0 fully saturated rings. The number of halogens is 2. The van der Waals surface area contributed by atoms with Crippen LogP contribution in [-0.4, -0.2) is 26.4 Å². The Labute approximate surface area is 140 Å². The second-order valence-electron chi connectivity index (χ2n) is 4.73. The molecule has 2 rings (SSSR count). The lowest BCUT2D eigenvalue weighted by Gasteiger charge is -2.15. The summed E-state index contributed by atoms with van der Waals surface area (Å²) in [4.78, 5) is 15.1. The summed E-state index contributed by atoms with van der Waals surface area (Å²) in [6.07, 6.45) is 1.77. The minimum atomic E-state index is -0.873. The first-order valence-electron chi connectivity index (χ1n) is 6.27. The summed E-state index contributed by atoms with van der Waals surface area (Å²) in [5, 5.41) is 10.1. The average molecular weight is 390 g/mol. The molecule has 1 N–H and O–H groups in total. The Bertz CT molecular complexity index is 673. The molecule has 7 heteroatoms. The van der Waals surface area contributed by atoms with E-state index in [1.165, 1.54) is 11.8 Å². The largest absolute Gasteiger partial charge is 0.481 e. The normalized spacial score (nSPS) is 11.1. The van der Waals surface area contributed by atoms with Crippen molar-refractivity contribution < 1.29 is 9.90 Å². The van der Waals surface area contributed by atoms with Gasteiger partial charge in [-0.25, -0.2) is 4.98 Å². The van der Waals surface area contributed by atoms with E-state index in [9.17, 15) is 4.79 Å². The Hall–Kier alpha value is -0.980. The number of thioether (sulfide) groups is 1. The van der Waals surface area contributed by atoms with Crippen molar-refractivity contribution >= 4 is 45.3 Å². The van der Waals surface area contributed by atoms with Crippen molar-refractivity contribution in [3.8, 4) is 5.69 Å². The quantitative estimate of drug-likeness (QED) is 0.760. The number of hydrogen-bond donors (Lipinski definition) is 1. The van der Waals surface area contributed by atoms with E-state index in [0.717, 1.165) is 15.9 Å². The van der Waals surface area contributed by atoms with Crippen molar-refractivity contribution in [3.63, 3.8) is 0 Å². The first-order valence-corrected chi connectivity index (χ1v) is 8.43. The molecule has 0 aliphatic rings. The highest BCUT2D eigenvalue weighted by molar-refractivity contribution is 9.10. The van der Waals surface area contributed by atoms with Gasteiger partial charge in [-0.3, -0.25) is 9.36 Å². The van der Waals surface area contributed by atoms with E-state index in [4.69, 9.17) is 16.7 Å². The van der Waals surface area contributed by atoms with E-state index in [1.54, 1.807) is 6.20 Å². The van der Waals surface area contributed by atoms with Crippen LogP contribution >= 0.6 is 39.3 Å². The summed E-state index contributed by atoms with van der Waals surface area (Å²) in [6.45, 7) is 4.12. The van der Waals surface area contributed by atoms with Crippen molar-refractivity contribution in [2.24, 2.45) is 0 Å². The highest BCUT2D eigenvalue weighted by atomic mass is 79.9. The molecule has 1 aromatic heterocycles. The SMILES string of the molecule is CC(C)c1cnc(SCC(=O)O)n1-c1ccc(Br)cc1Cl. The molecule has 0 bridgehead atoms. The van der Waals surface area contributed by atoms with Crippen LogP contribution in [0.5, 0.6) is 0 Å². The van der Waals surface area contributed by atoms with Crippen LogP contribution in [-0.2, 0) is 4.79 Å². The summed E-state index contributed by atoms with van der Waals surface area (Å²) in [5.74, 6) is -0.665. The number of carboxylic acid groups (broad SMARTS) is 1. The average Bonchev–Trinajstić information content (AvgIpc) is 2.80. The van der Waals surface area contributed by atoms with E-state index in [0.29, 0.717) is 10.2 Å². The fourth-order valence-corrected chi connectivity index (χ4v) is 3.36. The maximum absolute atomic E-state index is 10.8. The lowest BCUT2D eigenvalue weighted by molar-refractivity contribution is -0.133. The zero-order chi connectivity index (χ0) is 15.6. The van der Waals surface area contributed by atoms with Gasteiger partial charge in [0.25, 0.3) is 0 Å². The number of carboxylic acids is 1. The highest BCUT2D eigenvalue weighted by Crippen LogP contribution is 2.32. The third kappa shape index (κ3) is 3.81. The van der Waals surface area contributed by atoms with E-state index < -0.39 is 5.97 Å². The Morgan fingerprint density at radius 1 is 1.52 bits per heavy atom. The molecule has 1 heterocycles. The van der Waals surface area contributed by atoms with E-state index in [2.05, 4.69) is 34.8 Å². The molecule has 0 saturated heterocycles. The van der Waals surface area contributed by atoms with Crippen molar-refractivity contribution in [2.45, 2.75) is 24.9 Å². The van der Waals surface area contributed by atoms with Gasteiger partial charge in [-0.15, -0.1) is 0 Å². The van der Waals surface area contributed by atoms with E-state index in [1.807, 2.05) is 22.8 Å². The van der Waals surface area contributed by atoms with Crippen molar-refractivity contribution in [1.29, 1.82) is 0 Å². The summed E-state index contributed by atoms with van der Waals surface area (Å²) in [6, 6.07) is 5.61. The molecule has 112 valence electrons. The van der Waals surface area contributed by atoms with Gasteiger partial charge in [-0.1, -0.05) is 53.1 Å². The van der Waals surface area contributed by atoms with Gasteiger partial charge in [-0.2, -0.15) is 0 Å². The molecule has 1 aromatic carbocycles. The number of hydrogen-bond acceptors (Lipinski definition) is 3. The molecule has 0 amide bonds. The zero-order valence-corrected chi connectivity index (χ0v) is 14.7. The lowest BCUT2D eigenvalue weighted by atomic mass is 10.1. The van der Waals surface area contributed by atoms with Crippen molar-refractivity contribution in [2.75, 3.05) is 5.75 Å². The zero-order valence-electron chi connectivity index (χ0n) is 11.5. The Balaban J connectivity index is 2.52. The summed E-state index contributed by atoms with van der Waals surface area (Å²) >= 11 is 10.9. The second kappa shape index (κ2) is 6.85. The first kappa shape index (κ1) is 16.4. The summed E-state index contributed by atoms with van der Waals surface area (Å²) < 4.78 is 2.81. The van der Waals surface area contributed by atoms with Gasteiger partial charge in [0.1, 0.15) is 0 Å². The fraction of sp³-hybridized carbons (Fsp3) is 0.286.